The van der Waals surface area contributed by atoms with Crippen LogP contribution >= 0.6 is 27.3 Å². The van der Waals surface area contributed by atoms with E-state index in [0.29, 0.717) is 0 Å². The Balaban J connectivity index is 2.65. The van der Waals surface area contributed by atoms with E-state index in [1.165, 1.54) is 9.35 Å². The molecule has 1 aromatic heterocycles. The molecule has 0 saturated heterocycles. The Kier molecular flexibility index (Phi) is 2.89. The van der Waals surface area contributed by atoms with Crippen LogP contribution in [-0.2, 0) is 6.42 Å². The Morgan fingerprint density at radius 3 is 2.90 bits per heavy atom. The molecule has 2 N–H and O–H groups in total. The molecule has 0 amide bonds. The van der Waals surface area contributed by atoms with Gasteiger partial charge in [0.25, 0.3) is 0 Å². The van der Waals surface area contributed by atoms with Gasteiger partial charge < -0.3 is 5.73 Å². The zero-order valence-electron chi connectivity index (χ0n) is 5.80. The minimum absolute atomic E-state index is 0.259. The summed E-state index contributed by atoms with van der Waals surface area (Å²) in [5.41, 5.74) is 5.64. The first-order chi connectivity index (χ1) is 4.70. The summed E-state index contributed by atoms with van der Waals surface area (Å²) < 4.78 is 1.19. The molecule has 1 rings (SSSR count). The molecule has 1 aromatic rings. The Morgan fingerprint density at radius 2 is 2.50 bits per heavy atom. The average Bonchev–Trinajstić information content (AvgIpc) is 2.15. The topological polar surface area (TPSA) is 26.0 Å². The fourth-order valence-corrected chi connectivity index (χ4v) is 2.42. The van der Waals surface area contributed by atoms with Gasteiger partial charge in [-0.15, -0.1) is 11.3 Å². The lowest BCUT2D eigenvalue weighted by atomic mass is 10.2. The first kappa shape index (κ1) is 8.24. The molecule has 0 aliphatic heterocycles. The number of rotatable bonds is 2. The van der Waals surface area contributed by atoms with Crippen molar-refractivity contribution in [3.63, 3.8) is 0 Å². The van der Waals surface area contributed by atoms with Crippen LogP contribution in [0.5, 0.6) is 0 Å². The lowest BCUT2D eigenvalue weighted by molar-refractivity contribution is 0.745. The van der Waals surface area contributed by atoms with Crippen LogP contribution in [-0.4, -0.2) is 6.04 Å². The maximum absolute atomic E-state index is 5.64. The van der Waals surface area contributed by atoms with E-state index in [2.05, 4.69) is 27.4 Å². The van der Waals surface area contributed by atoms with Gasteiger partial charge in [-0.05, 0) is 40.7 Å². The van der Waals surface area contributed by atoms with Crippen molar-refractivity contribution in [3.8, 4) is 0 Å². The van der Waals surface area contributed by atoms with Gasteiger partial charge in [0, 0.05) is 15.4 Å². The molecular formula is C7H10BrNS. The molecule has 0 fully saturated rings. The minimum Gasteiger partial charge on any atom is -0.328 e. The van der Waals surface area contributed by atoms with Gasteiger partial charge in [0.2, 0.25) is 0 Å². The quantitative estimate of drug-likeness (QED) is 0.813. The fourth-order valence-electron chi connectivity index (χ4n) is 0.763. The molecule has 0 aliphatic carbocycles. The van der Waals surface area contributed by atoms with Gasteiger partial charge in [0.1, 0.15) is 0 Å². The Labute approximate surface area is 73.4 Å². The van der Waals surface area contributed by atoms with Crippen molar-refractivity contribution >= 4 is 27.3 Å². The smallest absolute Gasteiger partial charge is 0.0314 e. The Bertz CT molecular complexity index is 207. The van der Waals surface area contributed by atoms with E-state index in [4.69, 9.17) is 5.73 Å². The van der Waals surface area contributed by atoms with Gasteiger partial charge in [-0.3, -0.25) is 0 Å². The molecule has 1 heterocycles. The van der Waals surface area contributed by atoms with Crippen molar-refractivity contribution < 1.29 is 0 Å². The van der Waals surface area contributed by atoms with Crippen molar-refractivity contribution in [3.05, 3.63) is 20.8 Å². The molecule has 0 unspecified atom stereocenters. The first-order valence-electron chi connectivity index (χ1n) is 3.17. The molecule has 0 aliphatic rings. The van der Waals surface area contributed by atoms with Crippen molar-refractivity contribution in [2.24, 2.45) is 5.73 Å². The molecule has 56 valence electrons. The third kappa shape index (κ3) is 2.08. The molecule has 0 aromatic carbocycles. The first-order valence-corrected chi connectivity index (χ1v) is 4.85. The second-order valence-electron chi connectivity index (χ2n) is 2.37. The average molecular weight is 220 g/mol. The summed E-state index contributed by atoms with van der Waals surface area (Å²) in [5.74, 6) is 0. The summed E-state index contributed by atoms with van der Waals surface area (Å²) in [6, 6.07) is 2.32. The highest BCUT2D eigenvalue weighted by molar-refractivity contribution is 9.10. The summed E-state index contributed by atoms with van der Waals surface area (Å²) in [6.45, 7) is 2.02. The van der Waals surface area contributed by atoms with E-state index in [1.807, 2.05) is 6.92 Å². The summed E-state index contributed by atoms with van der Waals surface area (Å²) in [5, 5.41) is 2.07. The predicted octanol–water partition coefficient (Wildman–Crippen LogP) is 2.40. The molecule has 1 atom stereocenters. The van der Waals surface area contributed by atoms with E-state index >= 15 is 0 Å². The van der Waals surface area contributed by atoms with Crippen LogP contribution in [0.4, 0.5) is 0 Å². The second kappa shape index (κ2) is 3.51. The largest absolute Gasteiger partial charge is 0.328 e. The van der Waals surface area contributed by atoms with E-state index < -0.39 is 0 Å². The lowest BCUT2D eigenvalue weighted by Crippen LogP contribution is -2.17. The summed E-state index contributed by atoms with van der Waals surface area (Å²) in [6.07, 6.45) is 0.970. The second-order valence-corrected chi connectivity index (χ2v) is 4.23. The number of hydrogen-bond acceptors (Lipinski definition) is 2. The summed E-state index contributed by atoms with van der Waals surface area (Å²) in [7, 11) is 0. The molecular weight excluding hydrogens is 210 g/mol. The lowest BCUT2D eigenvalue weighted by Gasteiger charge is -2.01. The van der Waals surface area contributed by atoms with Crippen molar-refractivity contribution in [1.82, 2.24) is 0 Å². The number of nitrogens with two attached hydrogens (primary N) is 1. The standard InChI is InChI=1S/C7H10BrNS/c1-5(9)4-7-6(8)2-3-10-7/h2-3,5H,4,9H2,1H3/t5-/m1/s1. The van der Waals surface area contributed by atoms with Crippen LogP contribution in [0.3, 0.4) is 0 Å². The highest BCUT2D eigenvalue weighted by Gasteiger charge is 2.02. The van der Waals surface area contributed by atoms with Crippen molar-refractivity contribution in [2.75, 3.05) is 0 Å². The third-order valence-corrected chi connectivity index (χ3v) is 3.15. The maximum Gasteiger partial charge on any atom is 0.0314 e. The highest BCUT2D eigenvalue weighted by Crippen LogP contribution is 2.23. The predicted molar refractivity (Wildman–Crippen MR) is 49.4 cm³/mol. The van der Waals surface area contributed by atoms with Gasteiger partial charge in [0.15, 0.2) is 0 Å². The van der Waals surface area contributed by atoms with Crippen LogP contribution in [0.25, 0.3) is 0 Å². The highest BCUT2D eigenvalue weighted by atomic mass is 79.9. The normalized spacial score (nSPS) is 13.5. The van der Waals surface area contributed by atoms with Gasteiger partial charge in [0.05, 0.1) is 0 Å². The van der Waals surface area contributed by atoms with E-state index in [9.17, 15) is 0 Å². The molecule has 0 radical (unpaired) electrons. The Hall–Kier alpha value is 0.140. The van der Waals surface area contributed by atoms with Crippen LogP contribution < -0.4 is 5.73 Å². The van der Waals surface area contributed by atoms with Crippen molar-refractivity contribution in [2.45, 2.75) is 19.4 Å². The molecule has 0 spiro atoms. The van der Waals surface area contributed by atoms with Crippen molar-refractivity contribution in [1.29, 1.82) is 0 Å². The van der Waals surface area contributed by atoms with E-state index in [1.54, 1.807) is 11.3 Å². The molecule has 10 heavy (non-hydrogen) atoms. The summed E-state index contributed by atoms with van der Waals surface area (Å²) in [4.78, 5) is 1.34. The fraction of sp³-hybridized carbons (Fsp3) is 0.429. The van der Waals surface area contributed by atoms with Crippen LogP contribution in [0.15, 0.2) is 15.9 Å². The molecule has 0 bridgehead atoms. The third-order valence-electron chi connectivity index (χ3n) is 1.20. The number of thiophene rings is 1. The van der Waals surface area contributed by atoms with E-state index in [-0.39, 0.29) is 6.04 Å². The monoisotopic (exact) mass is 219 g/mol. The number of hydrogen-bond donors (Lipinski definition) is 1. The summed E-state index contributed by atoms with van der Waals surface area (Å²) >= 11 is 5.20. The van der Waals surface area contributed by atoms with Crippen LogP contribution in [0.1, 0.15) is 11.8 Å². The van der Waals surface area contributed by atoms with E-state index in [0.717, 1.165) is 6.42 Å². The maximum atomic E-state index is 5.64. The van der Waals surface area contributed by atoms with Gasteiger partial charge in [-0.2, -0.15) is 0 Å². The zero-order valence-corrected chi connectivity index (χ0v) is 8.21. The molecule has 3 heteroatoms. The van der Waals surface area contributed by atoms with Crippen LogP contribution in [0.2, 0.25) is 0 Å². The Morgan fingerprint density at radius 1 is 1.80 bits per heavy atom. The molecule has 0 saturated carbocycles. The number of halogens is 1. The SMILES string of the molecule is C[C@@H](N)Cc1sccc1Br. The van der Waals surface area contributed by atoms with Gasteiger partial charge >= 0.3 is 0 Å². The van der Waals surface area contributed by atoms with Gasteiger partial charge in [-0.1, -0.05) is 0 Å². The molecule has 1 nitrogen and oxygen atoms in total. The van der Waals surface area contributed by atoms with Gasteiger partial charge in [-0.25, -0.2) is 0 Å². The minimum atomic E-state index is 0.259. The zero-order chi connectivity index (χ0) is 7.56. The van der Waals surface area contributed by atoms with Crippen LogP contribution in [0, 0.1) is 0 Å².